The van der Waals surface area contributed by atoms with E-state index in [9.17, 15) is 18.0 Å². The molecule has 1 aliphatic carbocycles. The first kappa shape index (κ1) is 29.3. The summed E-state index contributed by atoms with van der Waals surface area (Å²) in [5.74, 6) is -1.51. The number of ether oxygens (including phenoxy) is 5. The van der Waals surface area contributed by atoms with Crippen molar-refractivity contribution in [2.24, 2.45) is 0 Å². The smallest absolute Gasteiger partial charge is 0.406 e. The van der Waals surface area contributed by atoms with E-state index in [1.165, 1.54) is 18.2 Å². The van der Waals surface area contributed by atoms with Crippen molar-refractivity contribution < 1.29 is 41.7 Å². The van der Waals surface area contributed by atoms with Crippen LogP contribution in [0.2, 0.25) is 0 Å². The van der Waals surface area contributed by atoms with Gasteiger partial charge in [-0.15, -0.1) is 13.2 Å². The first-order chi connectivity index (χ1) is 18.2. The molecule has 2 fully saturated rings. The van der Waals surface area contributed by atoms with Gasteiger partial charge in [0.15, 0.2) is 11.4 Å². The number of carbonyl (C=O) groups excluding carboxylic acids is 1. The number of alkyl halides is 3. The maximum atomic E-state index is 13.7. The number of rotatable bonds is 9. The van der Waals surface area contributed by atoms with Crippen LogP contribution in [0.15, 0.2) is 48.5 Å². The maximum Gasteiger partial charge on any atom is 0.573 e. The van der Waals surface area contributed by atoms with Crippen molar-refractivity contribution in [2.75, 3.05) is 0 Å². The average molecular weight is 552 g/mol. The third-order valence-electron chi connectivity index (χ3n) is 6.68. The molecule has 1 heterocycles. The molecular formula is C29H36F3NO6. The number of fused-ring (bicyclic) bond motifs is 1. The van der Waals surface area contributed by atoms with Gasteiger partial charge in [0, 0.05) is 18.9 Å². The molecule has 1 aliphatic heterocycles. The van der Waals surface area contributed by atoms with Crippen LogP contribution in [0.5, 0.6) is 5.75 Å². The number of halogens is 3. The normalized spacial score (nSPS) is 26.3. The standard InChI is InChI=1S/C29H36F3NO6/c1-18(2)33-26(34)28(36-17-20-9-6-8-19(3)12-20)14-23(25-24(15-28)38-27(4,5)39-25)35-16-21-10-7-11-22(13-21)37-29(30,31)32/h6-13,18,23-25H,14-17H2,1-5H3,(H,33,34)/t23?,24-,25+,28-/m1/s1. The van der Waals surface area contributed by atoms with Crippen LogP contribution in [0, 0.1) is 6.92 Å². The number of benzene rings is 2. The summed E-state index contributed by atoms with van der Waals surface area (Å²) >= 11 is 0. The van der Waals surface area contributed by atoms with Crippen molar-refractivity contribution in [3.63, 3.8) is 0 Å². The fourth-order valence-electron chi connectivity index (χ4n) is 5.16. The summed E-state index contributed by atoms with van der Waals surface area (Å²) in [5.41, 5.74) is 1.21. The Morgan fingerprint density at radius 1 is 1.05 bits per heavy atom. The summed E-state index contributed by atoms with van der Waals surface area (Å²) < 4.78 is 67.2. The summed E-state index contributed by atoms with van der Waals surface area (Å²) in [7, 11) is 0. The molecule has 1 N–H and O–H groups in total. The molecule has 1 saturated carbocycles. The quantitative estimate of drug-likeness (QED) is 0.439. The highest BCUT2D eigenvalue weighted by atomic mass is 19.4. The molecule has 0 aromatic heterocycles. The number of carbonyl (C=O) groups is 1. The SMILES string of the molecule is Cc1cccc(CO[C@]2(C(=O)NC(C)C)CC(OCc3cccc(OC(F)(F)F)c3)[C@@H]3OC(C)(C)O[C@@H]3C2)c1. The van der Waals surface area contributed by atoms with E-state index >= 15 is 0 Å². The van der Waals surface area contributed by atoms with Crippen molar-refractivity contribution in [3.05, 3.63) is 65.2 Å². The lowest BCUT2D eigenvalue weighted by Crippen LogP contribution is -2.60. The van der Waals surface area contributed by atoms with E-state index < -0.39 is 36.1 Å². The molecule has 4 atom stereocenters. The van der Waals surface area contributed by atoms with Crippen LogP contribution >= 0.6 is 0 Å². The number of hydrogen-bond donors (Lipinski definition) is 1. The first-order valence-corrected chi connectivity index (χ1v) is 13.1. The maximum absolute atomic E-state index is 13.7. The second-order valence-electron chi connectivity index (χ2n) is 11.0. The van der Waals surface area contributed by atoms with Gasteiger partial charge < -0.3 is 29.0 Å². The second kappa shape index (κ2) is 11.4. The number of hydrogen-bond acceptors (Lipinski definition) is 6. The zero-order chi connectivity index (χ0) is 28.4. The molecule has 7 nitrogen and oxygen atoms in total. The van der Waals surface area contributed by atoms with Crippen LogP contribution in [0.3, 0.4) is 0 Å². The molecule has 214 valence electrons. The Kier molecular flexibility index (Phi) is 8.61. The van der Waals surface area contributed by atoms with Gasteiger partial charge in [0.2, 0.25) is 0 Å². The van der Waals surface area contributed by atoms with E-state index in [1.807, 2.05) is 45.0 Å². The Hall–Kier alpha value is -2.66. The van der Waals surface area contributed by atoms with Gasteiger partial charge in [0.05, 0.1) is 25.4 Å². The molecular weight excluding hydrogens is 515 g/mol. The van der Waals surface area contributed by atoms with E-state index in [4.69, 9.17) is 18.9 Å². The fourth-order valence-corrected chi connectivity index (χ4v) is 5.16. The Balaban J connectivity index is 1.59. The molecule has 0 spiro atoms. The van der Waals surface area contributed by atoms with Crippen molar-refractivity contribution in [2.45, 2.75) is 103 Å². The van der Waals surface area contributed by atoms with Crippen LogP contribution in [0.4, 0.5) is 13.2 Å². The molecule has 1 saturated heterocycles. The lowest BCUT2D eigenvalue weighted by atomic mass is 9.78. The van der Waals surface area contributed by atoms with Gasteiger partial charge in [0.1, 0.15) is 11.9 Å². The van der Waals surface area contributed by atoms with Crippen LogP contribution in [-0.4, -0.2) is 48.0 Å². The minimum absolute atomic E-state index is 0.0213. The highest BCUT2D eigenvalue weighted by molar-refractivity contribution is 5.85. The van der Waals surface area contributed by atoms with Gasteiger partial charge in [-0.2, -0.15) is 0 Å². The number of amides is 1. The van der Waals surface area contributed by atoms with Crippen LogP contribution < -0.4 is 10.1 Å². The van der Waals surface area contributed by atoms with Crippen molar-refractivity contribution in [3.8, 4) is 5.75 Å². The molecule has 1 unspecified atom stereocenters. The van der Waals surface area contributed by atoms with E-state index in [0.717, 1.165) is 11.1 Å². The highest BCUT2D eigenvalue weighted by Gasteiger charge is 2.58. The summed E-state index contributed by atoms with van der Waals surface area (Å²) in [6.07, 6.45) is -5.97. The Labute approximate surface area is 226 Å². The van der Waals surface area contributed by atoms with Crippen molar-refractivity contribution >= 4 is 5.91 Å². The Morgan fingerprint density at radius 3 is 2.41 bits per heavy atom. The molecule has 2 aliphatic rings. The molecule has 4 rings (SSSR count). The molecule has 10 heteroatoms. The van der Waals surface area contributed by atoms with Gasteiger partial charge >= 0.3 is 6.36 Å². The molecule has 2 aromatic carbocycles. The van der Waals surface area contributed by atoms with Gasteiger partial charge in [-0.3, -0.25) is 4.79 Å². The van der Waals surface area contributed by atoms with Crippen LogP contribution in [0.25, 0.3) is 0 Å². The van der Waals surface area contributed by atoms with E-state index in [1.54, 1.807) is 19.9 Å². The van der Waals surface area contributed by atoms with E-state index in [0.29, 0.717) is 5.56 Å². The fraction of sp³-hybridized carbons (Fsp3) is 0.552. The molecule has 39 heavy (non-hydrogen) atoms. The van der Waals surface area contributed by atoms with Crippen LogP contribution in [-0.2, 0) is 37.0 Å². The Bertz CT molecular complexity index is 1150. The number of aryl methyl sites for hydroxylation is 1. The molecule has 2 aromatic rings. The lowest BCUT2D eigenvalue weighted by molar-refractivity contribution is -0.274. The number of nitrogens with one attached hydrogen (secondary N) is 1. The summed E-state index contributed by atoms with van der Waals surface area (Å²) in [6.45, 7) is 9.51. The lowest BCUT2D eigenvalue weighted by Gasteiger charge is -2.43. The van der Waals surface area contributed by atoms with Gasteiger partial charge in [-0.1, -0.05) is 42.0 Å². The van der Waals surface area contributed by atoms with Crippen LogP contribution in [0.1, 0.15) is 57.2 Å². The molecule has 0 radical (unpaired) electrons. The van der Waals surface area contributed by atoms with E-state index in [2.05, 4.69) is 10.1 Å². The minimum Gasteiger partial charge on any atom is -0.406 e. The topological polar surface area (TPSA) is 75.3 Å². The predicted molar refractivity (Wildman–Crippen MR) is 137 cm³/mol. The Morgan fingerprint density at radius 2 is 1.74 bits per heavy atom. The zero-order valence-corrected chi connectivity index (χ0v) is 22.8. The van der Waals surface area contributed by atoms with Gasteiger partial charge in [-0.05, 0) is 57.9 Å². The largest absolute Gasteiger partial charge is 0.573 e. The highest BCUT2D eigenvalue weighted by Crippen LogP contribution is 2.44. The third kappa shape index (κ3) is 7.72. The van der Waals surface area contributed by atoms with Crippen molar-refractivity contribution in [1.82, 2.24) is 5.32 Å². The second-order valence-corrected chi connectivity index (χ2v) is 11.0. The third-order valence-corrected chi connectivity index (χ3v) is 6.68. The van der Waals surface area contributed by atoms with Crippen molar-refractivity contribution in [1.29, 1.82) is 0 Å². The van der Waals surface area contributed by atoms with Gasteiger partial charge in [0.25, 0.3) is 5.91 Å². The first-order valence-electron chi connectivity index (χ1n) is 13.1. The summed E-state index contributed by atoms with van der Waals surface area (Å²) in [6, 6.07) is 13.4. The summed E-state index contributed by atoms with van der Waals surface area (Å²) in [5, 5.41) is 2.99. The molecule has 1 amide bonds. The molecule has 0 bridgehead atoms. The minimum atomic E-state index is -4.80. The average Bonchev–Trinajstić information content (AvgIpc) is 3.13. The zero-order valence-electron chi connectivity index (χ0n) is 22.8. The van der Waals surface area contributed by atoms with Gasteiger partial charge in [-0.25, -0.2) is 0 Å². The monoisotopic (exact) mass is 551 g/mol. The van der Waals surface area contributed by atoms with E-state index in [-0.39, 0.29) is 43.8 Å². The predicted octanol–water partition coefficient (Wildman–Crippen LogP) is 5.57. The summed E-state index contributed by atoms with van der Waals surface area (Å²) in [4.78, 5) is 13.7.